The predicted molar refractivity (Wildman–Crippen MR) is 58.9 cm³/mol. The number of allylic oxidation sites excluding steroid dienone is 1. The normalized spacial score (nSPS) is 18.6. The van der Waals surface area contributed by atoms with Crippen LogP contribution in [0.3, 0.4) is 0 Å². The van der Waals surface area contributed by atoms with Crippen molar-refractivity contribution in [2.45, 2.75) is 6.92 Å². The van der Waals surface area contributed by atoms with Gasteiger partial charge in [0.2, 0.25) is 0 Å². The topological polar surface area (TPSA) is 24.7 Å². The summed E-state index contributed by atoms with van der Waals surface area (Å²) in [5.74, 6) is 0. The molecule has 2 heteroatoms. The van der Waals surface area contributed by atoms with Crippen LogP contribution in [-0.2, 0) is 0 Å². The molecule has 0 saturated heterocycles. The van der Waals surface area contributed by atoms with Crippen LogP contribution in [0.15, 0.2) is 40.3 Å². The third-order valence-corrected chi connectivity index (χ3v) is 2.53. The number of nitrogens with zero attached hydrogens (tertiary/aromatic N) is 2. The van der Waals surface area contributed by atoms with E-state index < -0.39 is 0 Å². The summed E-state index contributed by atoms with van der Waals surface area (Å²) in [6.45, 7) is 1.99. The van der Waals surface area contributed by atoms with Gasteiger partial charge < -0.3 is 0 Å². The van der Waals surface area contributed by atoms with Crippen molar-refractivity contribution in [1.82, 2.24) is 0 Å². The van der Waals surface area contributed by atoms with Crippen molar-refractivity contribution in [1.29, 1.82) is 0 Å². The highest BCUT2D eigenvalue weighted by atomic mass is 14.9. The minimum absolute atomic E-state index is 0.999. The van der Waals surface area contributed by atoms with Gasteiger partial charge >= 0.3 is 0 Å². The van der Waals surface area contributed by atoms with Crippen molar-refractivity contribution in [3.8, 4) is 0 Å². The molecule has 0 saturated carbocycles. The molecule has 2 aliphatic rings. The van der Waals surface area contributed by atoms with Crippen LogP contribution in [0.1, 0.15) is 12.5 Å². The van der Waals surface area contributed by atoms with Crippen LogP contribution in [0.4, 0.5) is 5.69 Å². The summed E-state index contributed by atoms with van der Waals surface area (Å²) >= 11 is 0. The fourth-order valence-corrected chi connectivity index (χ4v) is 1.84. The van der Waals surface area contributed by atoms with Gasteiger partial charge in [-0.1, -0.05) is 18.2 Å². The third-order valence-electron chi connectivity index (χ3n) is 2.53. The highest BCUT2D eigenvalue weighted by Crippen LogP contribution is 2.38. The van der Waals surface area contributed by atoms with Crippen LogP contribution in [0, 0.1) is 6.04 Å². The standard InChI is InChI=1S/C12H9N2/c1-8-12-10(6-7-13-8)9-4-2-3-5-11(9)14-12/h2-7H,1H3. The molecule has 0 spiro atoms. The lowest BCUT2D eigenvalue weighted by Gasteiger charge is -2.10. The Morgan fingerprint density at radius 3 is 2.93 bits per heavy atom. The molecule has 14 heavy (non-hydrogen) atoms. The second-order valence-electron chi connectivity index (χ2n) is 3.42. The van der Waals surface area contributed by atoms with Gasteiger partial charge in [-0.15, -0.1) is 0 Å². The summed E-state index contributed by atoms with van der Waals surface area (Å²) in [7, 11) is 0. The van der Waals surface area contributed by atoms with Crippen molar-refractivity contribution in [2.24, 2.45) is 9.98 Å². The summed E-state index contributed by atoms with van der Waals surface area (Å²) < 4.78 is 0. The van der Waals surface area contributed by atoms with Gasteiger partial charge in [-0.25, -0.2) is 4.99 Å². The number of benzene rings is 1. The fraction of sp³-hybridized carbons (Fsp3) is 0.0833. The lowest BCUT2D eigenvalue weighted by Crippen LogP contribution is -2.09. The van der Waals surface area contributed by atoms with Crippen LogP contribution in [0.25, 0.3) is 5.57 Å². The van der Waals surface area contributed by atoms with E-state index in [-0.39, 0.29) is 0 Å². The lowest BCUT2D eigenvalue weighted by molar-refractivity contribution is 1.19. The lowest BCUT2D eigenvalue weighted by atomic mass is 9.97. The highest BCUT2D eigenvalue weighted by Gasteiger charge is 2.26. The Balaban J connectivity index is 2.24. The summed E-state index contributed by atoms with van der Waals surface area (Å²) in [4.78, 5) is 8.79. The number of hydrogen-bond acceptors (Lipinski definition) is 2. The summed E-state index contributed by atoms with van der Waals surface area (Å²) in [6, 6.07) is 9.19. The molecular formula is C12H9N2. The molecule has 2 nitrogen and oxygen atoms in total. The van der Waals surface area contributed by atoms with E-state index in [4.69, 9.17) is 0 Å². The molecule has 1 aromatic rings. The Morgan fingerprint density at radius 2 is 2.00 bits per heavy atom. The highest BCUT2D eigenvalue weighted by molar-refractivity contribution is 6.37. The zero-order valence-electron chi connectivity index (χ0n) is 7.86. The zero-order valence-corrected chi connectivity index (χ0v) is 7.86. The van der Waals surface area contributed by atoms with Crippen LogP contribution in [0.2, 0.25) is 0 Å². The monoisotopic (exact) mass is 181 g/mol. The molecule has 67 valence electrons. The molecule has 0 atom stereocenters. The quantitative estimate of drug-likeness (QED) is 0.588. The molecule has 1 radical (unpaired) electrons. The second-order valence-corrected chi connectivity index (χ2v) is 3.42. The maximum Gasteiger partial charge on any atom is 0.131 e. The van der Waals surface area contributed by atoms with E-state index >= 15 is 0 Å². The van der Waals surface area contributed by atoms with Crippen molar-refractivity contribution in [3.05, 3.63) is 41.9 Å². The molecule has 0 amide bonds. The van der Waals surface area contributed by atoms with Gasteiger partial charge in [0.15, 0.2) is 0 Å². The van der Waals surface area contributed by atoms with Gasteiger partial charge in [-0.3, -0.25) is 4.99 Å². The number of rotatable bonds is 0. The average molecular weight is 181 g/mol. The van der Waals surface area contributed by atoms with E-state index in [2.05, 4.69) is 16.1 Å². The van der Waals surface area contributed by atoms with Crippen LogP contribution in [-0.4, -0.2) is 11.9 Å². The maximum atomic E-state index is 4.55. The van der Waals surface area contributed by atoms with E-state index in [9.17, 15) is 0 Å². The van der Waals surface area contributed by atoms with E-state index in [1.807, 2.05) is 37.4 Å². The van der Waals surface area contributed by atoms with Crippen molar-refractivity contribution in [3.63, 3.8) is 0 Å². The minimum Gasteiger partial charge on any atom is -0.277 e. The molecule has 0 bridgehead atoms. The largest absolute Gasteiger partial charge is 0.277 e. The Morgan fingerprint density at radius 1 is 1.14 bits per heavy atom. The Labute approximate surface area is 82.7 Å². The Hall–Kier alpha value is -1.70. The predicted octanol–water partition coefficient (Wildman–Crippen LogP) is 2.79. The van der Waals surface area contributed by atoms with Gasteiger partial charge in [-0.2, -0.15) is 0 Å². The molecule has 0 N–H and O–H groups in total. The second kappa shape index (κ2) is 2.64. The molecule has 0 fully saturated rings. The van der Waals surface area contributed by atoms with Gasteiger partial charge in [0, 0.05) is 17.4 Å². The third kappa shape index (κ3) is 0.909. The van der Waals surface area contributed by atoms with Gasteiger partial charge in [0.05, 0.1) is 11.4 Å². The molecule has 3 rings (SSSR count). The first kappa shape index (κ1) is 7.68. The summed E-state index contributed by atoms with van der Waals surface area (Å²) in [5.41, 5.74) is 4.49. The van der Waals surface area contributed by atoms with E-state index in [1.165, 1.54) is 11.1 Å². The first-order valence-corrected chi connectivity index (χ1v) is 4.63. The Kier molecular flexibility index (Phi) is 1.45. The molecule has 2 heterocycles. The Bertz CT molecular complexity index is 481. The number of hydrogen-bond donors (Lipinski definition) is 0. The smallest absolute Gasteiger partial charge is 0.131 e. The number of dihydropyridines is 1. The number of para-hydroxylation sites is 1. The van der Waals surface area contributed by atoms with Crippen molar-refractivity contribution in [2.75, 3.05) is 0 Å². The fourth-order valence-electron chi connectivity index (χ4n) is 1.84. The van der Waals surface area contributed by atoms with E-state index in [0.29, 0.717) is 0 Å². The molecular weight excluding hydrogens is 172 g/mol. The van der Waals surface area contributed by atoms with Gasteiger partial charge in [0.1, 0.15) is 6.04 Å². The summed E-state index contributed by atoms with van der Waals surface area (Å²) in [6.07, 6.45) is 3.86. The van der Waals surface area contributed by atoms with Crippen LogP contribution < -0.4 is 0 Å². The molecule has 0 unspecified atom stereocenters. The van der Waals surface area contributed by atoms with Gasteiger partial charge in [-0.05, 0) is 19.1 Å². The minimum atomic E-state index is 0.999. The zero-order chi connectivity index (χ0) is 9.54. The van der Waals surface area contributed by atoms with Gasteiger partial charge in [0.25, 0.3) is 0 Å². The molecule has 0 aromatic heterocycles. The number of fused-ring (bicyclic) bond motifs is 3. The van der Waals surface area contributed by atoms with Crippen molar-refractivity contribution >= 4 is 23.2 Å². The first-order chi connectivity index (χ1) is 6.86. The van der Waals surface area contributed by atoms with Crippen LogP contribution >= 0.6 is 0 Å². The van der Waals surface area contributed by atoms with Crippen LogP contribution in [0.5, 0.6) is 0 Å². The van der Waals surface area contributed by atoms with Crippen molar-refractivity contribution < 1.29 is 0 Å². The summed E-state index contributed by atoms with van der Waals surface area (Å²) in [5, 5.41) is 0. The molecule has 0 aliphatic carbocycles. The average Bonchev–Trinajstić information content (AvgIpc) is 2.59. The maximum absolute atomic E-state index is 4.55. The molecule has 1 aromatic carbocycles. The van der Waals surface area contributed by atoms with E-state index in [1.54, 1.807) is 0 Å². The van der Waals surface area contributed by atoms with E-state index in [0.717, 1.165) is 17.4 Å². The SMILES string of the molecule is C[C]1N=CC=C2C1=Nc1ccccc12. The first-order valence-electron chi connectivity index (χ1n) is 4.63. The molecule has 2 aliphatic heterocycles. The number of aliphatic imine (C=N–C) groups is 2.